The van der Waals surface area contributed by atoms with E-state index >= 15 is 4.39 Å². The Morgan fingerprint density at radius 2 is 1.76 bits per heavy atom. The van der Waals surface area contributed by atoms with Gasteiger partial charge in [-0.2, -0.15) is 0 Å². The number of carbonyl (C=O) groups is 5. The fraction of sp³-hybridized carbons (Fsp3) is 0.375. The summed E-state index contributed by atoms with van der Waals surface area (Å²) in [5, 5.41) is 14.5. The van der Waals surface area contributed by atoms with Crippen LogP contribution in [0, 0.1) is 11.2 Å². The summed E-state index contributed by atoms with van der Waals surface area (Å²) in [6.45, 7) is 3.06. The number of aromatic nitrogens is 1. The number of aldehydes is 1. The molecule has 13 nitrogen and oxygen atoms in total. The smallest absolute Gasteiger partial charge is 0.410 e. The Balaban J connectivity index is 1.11. The first-order valence-corrected chi connectivity index (χ1v) is 15.0. The van der Waals surface area contributed by atoms with E-state index in [-0.39, 0.29) is 37.3 Å². The number of aromatic carboxylic acids is 1. The van der Waals surface area contributed by atoms with Crippen molar-refractivity contribution >= 4 is 52.4 Å². The normalized spacial score (nSPS) is 15.5. The van der Waals surface area contributed by atoms with Crippen molar-refractivity contribution in [2.24, 2.45) is 5.41 Å². The molecule has 3 N–H and O–H groups in total. The van der Waals surface area contributed by atoms with Crippen molar-refractivity contribution in [3.8, 4) is 0 Å². The Bertz CT molecular complexity index is 1740. The first kappa shape index (κ1) is 32.1. The fourth-order valence-corrected chi connectivity index (χ4v) is 5.60. The summed E-state index contributed by atoms with van der Waals surface area (Å²) in [4.78, 5) is 75.8. The molecule has 2 aromatic carbocycles. The van der Waals surface area contributed by atoms with Gasteiger partial charge in [-0.25, -0.2) is 14.0 Å². The van der Waals surface area contributed by atoms with Gasteiger partial charge in [0.25, 0.3) is 0 Å². The van der Waals surface area contributed by atoms with Gasteiger partial charge in [0.05, 0.1) is 17.7 Å². The van der Waals surface area contributed by atoms with Gasteiger partial charge < -0.3 is 39.6 Å². The predicted molar refractivity (Wildman–Crippen MR) is 165 cm³/mol. The number of pyridine rings is 1. The Morgan fingerprint density at radius 3 is 2.35 bits per heavy atom. The lowest BCUT2D eigenvalue weighted by Gasteiger charge is -2.35. The van der Waals surface area contributed by atoms with Crippen LogP contribution in [-0.2, 0) is 32.3 Å². The molecule has 2 fully saturated rings. The number of ether oxygens (including phenoxy) is 1. The van der Waals surface area contributed by atoms with Gasteiger partial charge in [0.1, 0.15) is 29.7 Å². The van der Waals surface area contributed by atoms with Crippen molar-refractivity contribution in [3.63, 3.8) is 0 Å². The standard InChI is InChI=1S/C32H34FN5O8/c1-2-36-17-23(29(42)43)28(41)22-14-24(33)26(15-25(22)36)37-10-12-38(13-11-37)31(45)46-18-20-4-6-21(7-5-20)35-27(40)16-34-30(44)32(19-39)8-3-9-32/h4-7,14-15,17,19H,2-3,8-13,16,18H2,1H3,(H,34,44)(H,35,40)(H,42,43). The molecule has 0 unspecified atom stereocenters. The second-order valence-electron chi connectivity index (χ2n) is 11.4. The molecule has 2 aliphatic rings. The highest BCUT2D eigenvalue weighted by atomic mass is 19.1. The summed E-state index contributed by atoms with van der Waals surface area (Å²) in [6, 6.07) is 9.26. The van der Waals surface area contributed by atoms with Gasteiger partial charge in [-0.05, 0) is 49.6 Å². The van der Waals surface area contributed by atoms with Crippen molar-refractivity contribution in [1.29, 1.82) is 0 Å². The van der Waals surface area contributed by atoms with E-state index in [1.807, 2.05) is 0 Å². The van der Waals surface area contributed by atoms with E-state index in [2.05, 4.69) is 10.6 Å². The molecule has 1 aliphatic carbocycles. The van der Waals surface area contributed by atoms with Gasteiger partial charge in [-0.3, -0.25) is 14.4 Å². The number of carboxylic acid groups (broad SMARTS) is 1. The second kappa shape index (κ2) is 13.4. The van der Waals surface area contributed by atoms with Crippen LogP contribution in [-0.4, -0.2) is 77.5 Å². The molecule has 3 aromatic rings. The van der Waals surface area contributed by atoms with E-state index in [9.17, 15) is 33.9 Å². The summed E-state index contributed by atoms with van der Waals surface area (Å²) in [5.41, 5.74) is -0.342. The molecule has 1 aromatic heterocycles. The van der Waals surface area contributed by atoms with Crippen LogP contribution < -0.4 is 21.0 Å². The summed E-state index contributed by atoms with van der Waals surface area (Å²) in [6.07, 6.45) is 3.15. The minimum atomic E-state index is -1.37. The first-order chi connectivity index (χ1) is 22.0. The second-order valence-corrected chi connectivity index (χ2v) is 11.4. The molecule has 14 heteroatoms. The lowest BCUT2D eigenvalue weighted by molar-refractivity contribution is -0.142. The number of carbonyl (C=O) groups excluding carboxylic acids is 4. The molecule has 5 rings (SSSR count). The molecule has 242 valence electrons. The van der Waals surface area contributed by atoms with Crippen LogP contribution in [0.5, 0.6) is 0 Å². The summed E-state index contributed by atoms with van der Waals surface area (Å²) in [7, 11) is 0. The highest BCUT2D eigenvalue weighted by molar-refractivity contribution is 6.01. The van der Waals surface area contributed by atoms with Crippen molar-refractivity contribution in [1.82, 2.24) is 14.8 Å². The zero-order valence-corrected chi connectivity index (χ0v) is 25.2. The van der Waals surface area contributed by atoms with E-state index in [1.54, 1.807) is 40.7 Å². The number of piperazine rings is 1. The third-order valence-corrected chi connectivity index (χ3v) is 8.53. The van der Waals surface area contributed by atoms with E-state index in [4.69, 9.17) is 4.74 Å². The predicted octanol–water partition coefficient (Wildman–Crippen LogP) is 2.74. The molecule has 1 saturated carbocycles. The number of carboxylic acids is 1. The Morgan fingerprint density at radius 1 is 1.07 bits per heavy atom. The maximum atomic E-state index is 15.2. The molecule has 3 amide bonds. The molecular formula is C32H34FN5O8. The van der Waals surface area contributed by atoms with Gasteiger partial charge in [0.2, 0.25) is 17.2 Å². The summed E-state index contributed by atoms with van der Waals surface area (Å²) in [5.74, 6) is -2.91. The molecule has 1 aliphatic heterocycles. The summed E-state index contributed by atoms with van der Waals surface area (Å²) < 4.78 is 22.2. The van der Waals surface area contributed by atoms with Crippen molar-refractivity contribution < 1.29 is 38.2 Å². The van der Waals surface area contributed by atoms with Crippen LogP contribution in [0.25, 0.3) is 10.9 Å². The van der Waals surface area contributed by atoms with Gasteiger partial charge in [0.15, 0.2) is 0 Å². The van der Waals surface area contributed by atoms with Gasteiger partial charge >= 0.3 is 12.1 Å². The zero-order chi connectivity index (χ0) is 33.0. The first-order valence-electron chi connectivity index (χ1n) is 15.0. The fourth-order valence-electron chi connectivity index (χ4n) is 5.60. The number of nitrogens with one attached hydrogen (secondary N) is 2. The van der Waals surface area contributed by atoms with Crippen molar-refractivity contribution in [2.45, 2.75) is 39.3 Å². The van der Waals surface area contributed by atoms with Crippen LogP contribution in [0.2, 0.25) is 0 Å². The molecule has 0 spiro atoms. The molecule has 46 heavy (non-hydrogen) atoms. The highest BCUT2D eigenvalue weighted by Gasteiger charge is 2.44. The molecule has 1 saturated heterocycles. The maximum Gasteiger partial charge on any atom is 0.410 e. The number of hydrogen-bond donors (Lipinski definition) is 3. The van der Waals surface area contributed by atoms with Crippen molar-refractivity contribution in [2.75, 3.05) is 42.9 Å². The topological polar surface area (TPSA) is 167 Å². The number of anilines is 2. The van der Waals surface area contributed by atoms with Crippen LogP contribution in [0.15, 0.2) is 47.4 Å². The van der Waals surface area contributed by atoms with Crippen LogP contribution >= 0.6 is 0 Å². The quantitative estimate of drug-likeness (QED) is 0.224. The van der Waals surface area contributed by atoms with E-state index in [0.717, 1.165) is 12.5 Å². The largest absolute Gasteiger partial charge is 0.477 e. The van der Waals surface area contributed by atoms with Crippen molar-refractivity contribution in [3.05, 3.63) is 69.8 Å². The summed E-state index contributed by atoms with van der Waals surface area (Å²) >= 11 is 0. The minimum Gasteiger partial charge on any atom is -0.477 e. The van der Waals surface area contributed by atoms with Crippen LogP contribution in [0.3, 0.4) is 0 Å². The molecule has 2 heterocycles. The third-order valence-electron chi connectivity index (χ3n) is 8.53. The molecular weight excluding hydrogens is 601 g/mol. The number of hydrogen-bond acceptors (Lipinski definition) is 8. The average molecular weight is 636 g/mol. The SMILES string of the molecule is CCn1cc(C(=O)O)c(=O)c2cc(F)c(N3CCN(C(=O)OCc4ccc(NC(=O)CNC(=O)C5(C=O)CCC5)cc4)CC3)cc21. The number of aryl methyl sites for hydroxylation is 1. The van der Waals surface area contributed by atoms with E-state index < -0.39 is 46.1 Å². The molecule has 0 atom stereocenters. The zero-order valence-electron chi connectivity index (χ0n) is 25.2. The van der Waals surface area contributed by atoms with Crippen LogP contribution in [0.4, 0.5) is 20.6 Å². The number of nitrogens with zero attached hydrogens (tertiary/aromatic N) is 3. The maximum absolute atomic E-state index is 15.2. The Kier molecular flexibility index (Phi) is 9.35. The average Bonchev–Trinajstić information content (AvgIpc) is 3.03. The lowest BCUT2D eigenvalue weighted by atomic mass is 9.69. The highest BCUT2D eigenvalue weighted by Crippen LogP contribution is 2.39. The lowest BCUT2D eigenvalue weighted by Crippen LogP contribution is -2.49. The third kappa shape index (κ3) is 6.55. The van der Waals surface area contributed by atoms with E-state index in [1.165, 1.54) is 17.2 Å². The van der Waals surface area contributed by atoms with Gasteiger partial charge in [0, 0.05) is 50.0 Å². The Hall–Kier alpha value is -5.27. The number of rotatable bonds is 10. The van der Waals surface area contributed by atoms with Gasteiger partial charge in [-0.1, -0.05) is 18.6 Å². The Labute approximate surface area is 262 Å². The number of fused-ring (bicyclic) bond motifs is 1. The van der Waals surface area contributed by atoms with E-state index in [0.29, 0.717) is 55.5 Å². The minimum absolute atomic E-state index is 0.0106. The van der Waals surface area contributed by atoms with Crippen LogP contribution in [0.1, 0.15) is 42.1 Å². The monoisotopic (exact) mass is 635 g/mol. The molecule has 0 radical (unpaired) electrons. The molecule has 0 bridgehead atoms. The number of halogens is 1. The van der Waals surface area contributed by atoms with Gasteiger partial charge in [-0.15, -0.1) is 0 Å². The number of amides is 3. The number of benzene rings is 2.